The Morgan fingerprint density at radius 2 is 2.22 bits per heavy atom. The zero-order valence-corrected chi connectivity index (χ0v) is 10.3. The lowest BCUT2D eigenvalue weighted by Crippen LogP contribution is -2.41. The number of hydrogen-bond acceptors (Lipinski definition) is 5. The average Bonchev–Trinajstić information content (AvgIpc) is 2.69. The Morgan fingerprint density at radius 1 is 1.39 bits per heavy atom. The van der Waals surface area contributed by atoms with E-state index in [0.29, 0.717) is 18.7 Å². The summed E-state index contributed by atoms with van der Waals surface area (Å²) >= 11 is 0. The van der Waals surface area contributed by atoms with E-state index in [1.165, 1.54) is 6.26 Å². The summed E-state index contributed by atoms with van der Waals surface area (Å²) in [5, 5.41) is 2.85. The fourth-order valence-corrected chi connectivity index (χ4v) is 1.76. The van der Waals surface area contributed by atoms with E-state index in [0.717, 1.165) is 32.8 Å². The summed E-state index contributed by atoms with van der Waals surface area (Å²) in [5.74, 6) is -0.148. The molecule has 100 valence electrons. The van der Waals surface area contributed by atoms with Gasteiger partial charge in [-0.25, -0.2) is 0 Å². The van der Waals surface area contributed by atoms with Gasteiger partial charge in [0.15, 0.2) is 0 Å². The Labute approximate surface area is 106 Å². The minimum Gasteiger partial charge on any atom is -0.379 e. The molecule has 1 N–H and O–H groups in total. The molecule has 0 atom stereocenters. The molecular weight excluding hydrogens is 236 g/mol. The van der Waals surface area contributed by atoms with Gasteiger partial charge in [-0.1, -0.05) is 6.08 Å². The molecule has 0 aliphatic carbocycles. The molecule has 2 heterocycles. The molecule has 6 nitrogen and oxygen atoms in total. The van der Waals surface area contributed by atoms with Crippen LogP contribution in [0.1, 0.15) is 0 Å². The average molecular weight is 254 g/mol. The molecule has 6 heteroatoms. The smallest absolute Gasteiger partial charge is 0.254 e. The van der Waals surface area contributed by atoms with Crippen LogP contribution < -0.4 is 5.32 Å². The lowest BCUT2D eigenvalue weighted by molar-refractivity contribution is -0.238. The van der Waals surface area contributed by atoms with E-state index in [1.54, 1.807) is 12.2 Å². The summed E-state index contributed by atoms with van der Waals surface area (Å²) in [7, 11) is 0. The number of morpholine rings is 1. The van der Waals surface area contributed by atoms with Crippen molar-refractivity contribution in [3.63, 3.8) is 0 Å². The Balaban J connectivity index is 1.69. The van der Waals surface area contributed by atoms with E-state index in [9.17, 15) is 4.79 Å². The van der Waals surface area contributed by atoms with Gasteiger partial charge in [-0.05, 0) is 6.08 Å². The molecule has 2 rings (SSSR count). The van der Waals surface area contributed by atoms with Crippen molar-refractivity contribution in [2.75, 3.05) is 46.0 Å². The van der Waals surface area contributed by atoms with Crippen LogP contribution in [0.25, 0.3) is 0 Å². The second kappa shape index (κ2) is 7.15. The zero-order valence-electron chi connectivity index (χ0n) is 10.3. The predicted molar refractivity (Wildman–Crippen MR) is 64.5 cm³/mol. The summed E-state index contributed by atoms with van der Waals surface area (Å²) in [6.45, 7) is 5.19. The molecule has 1 saturated heterocycles. The molecule has 18 heavy (non-hydrogen) atoms. The van der Waals surface area contributed by atoms with E-state index >= 15 is 0 Å². The van der Waals surface area contributed by atoms with Crippen LogP contribution in [0.2, 0.25) is 0 Å². The Morgan fingerprint density at radius 3 is 3.06 bits per heavy atom. The van der Waals surface area contributed by atoms with Crippen molar-refractivity contribution in [3.05, 3.63) is 24.0 Å². The van der Waals surface area contributed by atoms with Gasteiger partial charge in [-0.2, -0.15) is 4.89 Å². The Bertz CT molecular complexity index is 335. The molecule has 2 aliphatic heterocycles. The fraction of sp³-hybridized carbons (Fsp3) is 0.583. The first kappa shape index (κ1) is 13.1. The van der Waals surface area contributed by atoms with Crippen molar-refractivity contribution < 1.29 is 19.3 Å². The first-order valence-electron chi connectivity index (χ1n) is 6.09. The first-order chi connectivity index (χ1) is 8.86. The molecule has 0 saturated carbocycles. The fourth-order valence-electron chi connectivity index (χ4n) is 1.76. The van der Waals surface area contributed by atoms with E-state index in [4.69, 9.17) is 14.5 Å². The van der Waals surface area contributed by atoms with Crippen molar-refractivity contribution in [1.82, 2.24) is 10.2 Å². The van der Waals surface area contributed by atoms with Crippen molar-refractivity contribution in [1.29, 1.82) is 0 Å². The standard InChI is InChI=1S/C12H18N2O4/c15-12(11-2-1-7-17-18-10-11)13-3-4-14-5-8-16-9-6-14/h1-2,10H,3-9H2,(H,13,15). The van der Waals surface area contributed by atoms with Crippen LogP contribution in [0, 0.1) is 0 Å². The molecule has 0 radical (unpaired) electrons. The minimum absolute atomic E-state index is 0.148. The zero-order chi connectivity index (χ0) is 12.6. The second-order valence-electron chi connectivity index (χ2n) is 4.07. The quantitative estimate of drug-likeness (QED) is 0.706. The van der Waals surface area contributed by atoms with Gasteiger partial charge in [0, 0.05) is 26.2 Å². The molecule has 0 aromatic rings. The van der Waals surface area contributed by atoms with Crippen LogP contribution in [-0.4, -0.2) is 56.8 Å². The van der Waals surface area contributed by atoms with Crippen molar-refractivity contribution >= 4 is 5.91 Å². The third-order valence-electron chi connectivity index (χ3n) is 2.78. The van der Waals surface area contributed by atoms with Crippen LogP contribution in [0.5, 0.6) is 0 Å². The van der Waals surface area contributed by atoms with Crippen molar-refractivity contribution in [3.8, 4) is 0 Å². The highest BCUT2D eigenvalue weighted by atomic mass is 17.2. The van der Waals surface area contributed by atoms with Gasteiger partial charge >= 0.3 is 0 Å². The first-order valence-corrected chi connectivity index (χ1v) is 6.09. The molecule has 1 amide bonds. The maximum atomic E-state index is 11.8. The number of carbonyl (C=O) groups is 1. The molecule has 0 spiro atoms. The molecular formula is C12H18N2O4. The van der Waals surface area contributed by atoms with Gasteiger partial charge in [-0.15, -0.1) is 0 Å². The van der Waals surface area contributed by atoms with Crippen LogP contribution >= 0.6 is 0 Å². The van der Waals surface area contributed by atoms with Gasteiger partial charge in [0.05, 0.1) is 18.8 Å². The lowest BCUT2D eigenvalue weighted by atomic mass is 10.2. The van der Waals surface area contributed by atoms with Crippen molar-refractivity contribution in [2.45, 2.75) is 0 Å². The third-order valence-corrected chi connectivity index (χ3v) is 2.78. The van der Waals surface area contributed by atoms with E-state index < -0.39 is 0 Å². The number of nitrogens with one attached hydrogen (secondary N) is 1. The van der Waals surface area contributed by atoms with Crippen LogP contribution in [-0.2, 0) is 19.3 Å². The van der Waals surface area contributed by atoms with Gasteiger partial charge in [0.1, 0.15) is 12.9 Å². The predicted octanol–water partition coefficient (Wildman–Crippen LogP) is -0.163. The number of nitrogens with zero attached hydrogens (tertiary/aromatic N) is 1. The minimum atomic E-state index is -0.148. The van der Waals surface area contributed by atoms with E-state index in [1.807, 2.05) is 0 Å². The van der Waals surface area contributed by atoms with Crippen LogP contribution in [0.15, 0.2) is 24.0 Å². The van der Waals surface area contributed by atoms with Gasteiger partial charge in [-0.3, -0.25) is 9.69 Å². The van der Waals surface area contributed by atoms with Gasteiger partial charge in [0.25, 0.3) is 5.91 Å². The summed E-state index contributed by atoms with van der Waals surface area (Å²) < 4.78 is 5.26. The number of ether oxygens (including phenoxy) is 1. The summed E-state index contributed by atoms with van der Waals surface area (Å²) in [4.78, 5) is 23.5. The highest BCUT2D eigenvalue weighted by Crippen LogP contribution is 2.03. The lowest BCUT2D eigenvalue weighted by Gasteiger charge is -2.26. The Hall–Kier alpha value is -1.37. The molecule has 0 aromatic heterocycles. The highest BCUT2D eigenvalue weighted by Gasteiger charge is 2.12. The van der Waals surface area contributed by atoms with Crippen LogP contribution in [0.4, 0.5) is 0 Å². The number of rotatable bonds is 4. The maximum Gasteiger partial charge on any atom is 0.254 e. The highest BCUT2D eigenvalue weighted by molar-refractivity contribution is 5.95. The SMILES string of the molecule is O=C(NCCN1CCOCC1)C1=COOCC=C1. The number of carbonyl (C=O) groups excluding carboxylic acids is 1. The number of hydrogen-bond donors (Lipinski definition) is 1. The maximum absolute atomic E-state index is 11.8. The largest absolute Gasteiger partial charge is 0.379 e. The van der Waals surface area contributed by atoms with E-state index in [2.05, 4.69) is 10.2 Å². The van der Waals surface area contributed by atoms with E-state index in [-0.39, 0.29) is 5.91 Å². The molecule has 0 unspecified atom stereocenters. The molecule has 0 aromatic carbocycles. The summed E-state index contributed by atoms with van der Waals surface area (Å²) in [6, 6.07) is 0. The van der Waals surface area contributed by atoms with Gasteiger partial charge < -0.3 is 14.9 Å². The normalized spacial score (nSPS) is 20.8. The molecule has 0 bridgehead atoms. The number of amides is 1. The summed E-state index contributed by atoms with van der Waals surface area (Å²) in [6.07, 6.45) is 4.74. The molecule has 2 aliphatic rings. The van der Waals surface area contributed by atoms with Gasteiger partial charge in [0.2, 0.25) is 0 Å². The van der Waals surface area contributed by atoms with Crippen molar-refractivity contribution in [2.24, 2.45) is 0 Å². The second-order valence-corrected chi connectivity index (χ2v) is 4.07. The summed E-state index contributed by atoms with van der Waals surface area (Å²) in [5.41, 5.74) is 0.467. The topological polar surface area (TPSA) is 60.0 Å². The Kier molecular flexibility index (Phi) is 5.19. The monoisotopic (exact) mass is 254 g/mol. The third kappa shape index (κ3) is 4.14. The molecule has 1 fully saturated rings. The van der Waals surface area contributed by atoms with Crippen LogP contribution in [0.3, 0.4) is 0 Å².